The molecule has 1 aromatic rings. The third-order valence-corrected chi connectivity index (χ3v) is 3.58. The molecule has 7 heteroatoms. The molecule has 0 radical (unpaired) electrons. The maximum Gasteiger partial charge on any atom is 0.338 e. The SMILES string of the molecule is CCOC(=O)C1=C2CNC(=O)N2C(=O)NC1c1ccccc1. The van der Waals surface area contributed by atoms with E-state index in [4.69, 9.17) is 4.74 Å². The molecular weight excluding hydrogens is 286 g/mol. The molecule has 114 valence electrons. The number of urea groups is 2. The van der Waals surface area contributed by atoms with Crippen molar-refractivity contribution in [3.8, 4) is 0 Å². The van der Waals surface area contributed by atoms with E-state index in [0.29, 0.717) is 5.70 Å². The second kappa shape index (κ2) is 5.51. The molecule has 2 aliphatic heterocycles. The summed E-state index contributed by atoms with van der Waals surface area (Å²) in [5.41, 5.74) is 1.39. The van der Waals surface area contributed by atoms with Gasteiger partial charge in [0.05, 0.1) is 30.5 Å². The Balaban J connectivity index is 2.11. The first-order chi connectivity index (χ1) is 10.6. The van der Waals surface area contributed by atoms with E-state index in [-0.39, 0.29) is 18.7 Å². The third kappa shape index (κ3) is 2.20. The minimum atomic E-state index is -0.633. The van der Waals surface area contributed by atoms with E-state index in [9.17, 15) is 14.4 Å². The number of carbonyl (C=O) groups excluding carboxylic acids is 3. The molecular formula is C15H15N3O4. The monoisotopic (exact) mass is 301 g/mol. The molecule has 1 aromatic carbocycles. The van der Waals surface area contributed by atoms with Gasteiger partial charge in [0.15, 0.2) is 0 Å². The quantitative estimate of drug-likeness (QED) is 0.824. The van der Waals surface area contributed by atoms with Gasteiger partial charge in [0.1, 0.15) is 0 Å². The molecule has 1 unspecified atom stereocenters. The fourth-order valence-electron chi connectivity index (χ4n) is 2.64. The summed E-state index contributed by atoms with van der Waals surface area (Å²) >= 11 is 0. The zero-order valence-electron chi connectivity index (χ0n) is 12.0. The lowest BCUT2D eigenvalue weighted by Gasteiger charge is -2.31. The fraction of sp³-hybridized carbons (Fsp3) is 0.267. The van der Waals surface area contributed by atoms with Gasteiger partial charge in [0.2, 0.25) is 0 Å². The fourth-order valence-corrected chi connectivity index (χ4v) is 2.64. The largest absolute Gasteiger partial charge is 0.463 e. The van der Waals surface area contributed by atoms with Gasteiger partial charge < -0.3 is 15.4 Å². The topological polar surface area (TPSA) is 87.7 Å². The lowest BCUT2D eigenvalue weighted by atomic mass is 9.95. The van der Waals surface area contributed by atoms with Crippen LogP contribution in [0.15, 0.2) is 41.6 Å². The van der Waals surface area contributed by atoms with Crippen molar-refractivity contribution in [2.24, 2.45) is 0 Å². The van der Waals surface area contributed by atoms with Crippen LogP contribution in [0.5, 0.6) is 0 Å². The number of nitrogens with zero attached hydrogens (tertiary/aromatic N) is 1. The van der Waals surface area contributed by atoms with Crippen LogP contribution in [0.3, 0.4) is 0 Å². The number of fused-ring (bicyclic) bond motifs is 1. The first-order valence-corrected chi connectivity index (χ1v) is 6.97. The number of imide groups is 1. The van der Waals surface area contributed by atoms with Crippen LogP contribution in [-0.4, -0.2) is 36.1 Å². The zero-order chi connectivity index (χ0) is 15.7. The lowest BCUT2D eigenvalue weighted by Crippen LogP contribution is -2.48. The molecule has 4 amide bonds. The molecule has 1 atom stereocenters. The van der Waals surface area contributed by atoms with Gasteiger partial charge in [0, 0.05) is 0 Å². The van der Waals surface area contributed by atoms with E-state index >= 15 is 0 Å². The van der Waals surface area contributed by atoms with E-state index in [0.717, 1.165) is 10.5 Å². The Morgan fingerprint density at radius 2 is 2.00 bits per heavy atom. The van der Waals surface area contributed by atoms with Crippen LogP contribution in [-0.2, 0) is 9.53 Å². The predicted molar refractivity (Wildman–Crippen MR) is 76.6 cm³/mol. The van der Waals surface area contributed by atoms with Crippen molar-refractivity contribution in [2.75, 3.05) is 13.2 Å². The molecule has 7 nitrogen and oxygen atoms in total. The van der Waals surface area contributed by atoms with Gasteiger partial charge in [-0.2, -0.15) is 0 Å². The zero-order valence-corrected chi connectivity index (χ0v) is 12.0. The van der Waals surface area contributed by atoms with Gasteiger partial charge in [0.25, 0.3) is 0 Å². The summed E-state index contributed by atoms with van der Waals surface area (Å²) < 4.78 is 5.10. The average Bonchev–Trinajstić information content (AvgIpc) is 2.90. The highest BCUT2D eigenvalue weighted by Gasteiger charge is 2.43. The number of hydrogen-bond donors (Lipinski definition) is 2. The van der Waals surface area contributed by atoms with Crippen molar-refractivity contribution in [2.45, 2.75) is 13.0 Å². The molecule has 2 aliphatic rings. The van der Waals surface area contributed by atoms with Gasteiger partial charge >= 0.3 is 18.0 Å². The van der Waals surface area contributed by atoms with E-state index in [2.05, 4.69) is 10.6 Å². The van der Waals surface area contributed by atoms with Crippen LogP contribution in [0.4, 0.5) is 9.59 Å². The van der Waals surface area contributed by atoms with Gasteiger partial charge in [-0.05, 0) is 12.5 Å². The molecule has 2 heterocycles. The van der Waals surface area contributed by atoms with Crippen molar-refractivity contribution in [1.29, 1.82) is 0 Å². The number of benzene rings is 1. The van der Waals surface area contributed by atoms with Crippen LogP contribution in [0.25, 0.3) is 0 Å². The molecule has 0 aliphatic carbocycles. The molecule has 3 rings (SSSR count). The van der Waals surface area contributed by atoms with E-state index in [1.807, 2.05) is 30.3 Å². The molecule has 0 saturated carbocycles. The summed E-state index contributed by atoms with van der Waals surface area (Å²) in [5, 5.41) is 5.24. The number of hydrogen-bond acceptors (Lipinski definition) is 4. The summed E-state index contributed by atoms with van der Waals surface area (Å²) in [5.74, 6) is -0.534. The number of esters is 1. The Hall–Kier alpha value is -2.83. The first-order valence-electron chi connectivity index (χ1n) is 6.97. The van der Waals surface area contributed by atoms with Crippen LogP contribution < -0.4 is 10.6 Å². The van der Waals surface area contributed by atoms with Crippen LogP contribution in [0.1, 0.15) is 18.5 Å². The summed E-state index contributed by atoms with van der Waals surface area (Å²) in [6, 6.07) is 7.38. The second-order valence-corrected chi connectivity index (χ2v) is 4.87. The summed E-state index contributed by atoms with van der Waals surface area (Å²) in [6.45, 7) is 2.05. The van der Waals surface area contributed by atoms with E-state index < -0.39 is 24.1 Å². The highest BCUT2D eigenvalue weighted by molar-refractivity contribution is 6.04. The highest BCUT2D eigenvalue weighted by Crippen LogP contribution is 2.32. The highest BCUT2D eigenvalue weighted by atomic mass is 16.5. The van der Waals surface area contributed by atoms with Crippen molar-refractivity contribution >= 4 is 18.0 Å². The molecule has 0 spiro atoms. The Morgan fingerprint density at radius 3 is 2.68 bits per heavy atom. The number of ether oxygens (including phenoxy) is 1. The Bertz CT molecular complexity index is 669. The normalized spacial score (nSPS) is 20.4. The summed E-state index contributed by atoms with van der Waals surface area (Å²) in [4.78, 5) is 37.2. The van der Waals surface area contributed by atoms with Crippen molar-refractivity contribution in [1.82, 2.24) is 15.5 Å². The smallest absolute Gasteiger partial charge is 0.338 e. The summed E-state index contributed by atoms with van der Waals surface area (Å²) in [7, 11) is 0. The number of carbonyl (C=O) groups is 3. The standard InChI is InChI=1S/C15H15N3O4/c1-2-22-13(19)11-10-8-16-14(20)18(10)15(21)17-12(11)9-6-4-3-5-7-9/h3-7,12H,2,8H2,1H3,(H,16,20)(H,17,21). The third-order valence-electron chi connectivity index (χ3n) is 3.58. The minimum absolute atomic E-state index is 0.129. The molecule has 1 saturated heterocycles. The van der Waals surface area contributed by atoms with Crippen molar-refractivity contribution < 1.29 is 19.1 Å². The number of rotatable bonds is 3. The van der Waals surface area contributed by atoms with E-state index in [1.165, 1.54) is 0 Å². The van der Waals surface area contributed by atoms with Crippen LogP contribution in [0.2, 0.25) is 0 Å². The molecule has 22 heavy (non-hydrogen) atoms. The minimum Gasteiger partial charge on any atom is -0.463 e. The number of nitrogens with one attached hydrogen (secondary N) is 2. The van der Waals surface area contributed by atoms with Crippen molar-refractivity contribution in [3.63, 3.8) is 0 Å². The molecule has 0 bridgehead atoms. The van der Waals surface area contributed by atoms with Gasteiger partial charge in [-0.1, -0.05) is 30.3 Å². The first kappa shape index (κ1) is 14.1. The second-order valence-electron chi connectivity index (χ2n) is 4.87. The summed E-state index contributed by atoms with van der Waals surface area (Å²) in [6.07, 6.45) is 0. The Labute approximate surface area is 126 Å². The van der Waals surface area contributed by atoms with Crippen LogP contribution in [0, 0.1) is 0 Å². The van der Waals surface area contributed by atoms with Gasteiger partial charge in [-0.15, -0.1) is 0 Å². The maximum absolute atomic E-state index is 12.3. The Kier molecular flexibility index (Phi) is 3.54. The van der Waals surface area contributed by atoms with Gasteiger partial charge in [-0.25, -0.2) is 19.3 Å². The average molecular weight is 301 g/mol. The van der Waals surface area contributed by atoms with Crippen molar-refractivity contribution in [3.05, 3.63) is 47.2 Å². The van der Waals surface area contributed by atoms with E-state index in [1.54, 1.807) is 6.92 Å². The molecule has 0 aromatic heterocycles. The maximum atomic E-state index is 12.3. The predicted octanol–water partition coefficient (Wildman–Crippen LogP) is 1.29. The van der Waals surface area contributed by atoms with Crippen LogP contribution >= 0.6 is 0 Å². The van der Waals surface area contributed by atoms with Gasteiger partial charge in [-0.3, -0.25) is 0 Å². The Morgan fingerprint density at radius 1 is 1.27 bits per heavy atom. The lowest BCUT2D eigenvalue weighted by molar-refractivity contribution is -0.139. The molecule has 1 fully saturated rings. The molecule has 2 N–H and O–H groups in total. The number of amides is 4.